The first-order chi connectivity index (χ1) is 13.1. The van der Waals surface area contributed by atoms with Gasteiger partial charge in [0.05, 0.1) is 29.0 Å². The third-order valence-electron chi connectivity index (χ3n) is 5.32. The van der Waals surface area contributed by atoms with Gasteiger partial charge in [0.2, 0.25) is 5.91 Å². The summed E-state index contributed by atoms with van der Waals surface area (Å²) in [4.78, 5) is 22.4. The summed E-state index contributed by atoms with van der Waals surface area (Å²) in [5.74, 6) is -0.0710. The van der Waals surface area contributed by atoms with Crippen LogP contribution in [-0.2, 0) is 4.79 Å². The third kappa shape index (κ3) is 3.83. The molecule has 1 aromatic carbocycles. The number of rotatable bonds is 4. The lowest BCUT2D eigenvalue weighted by atomic mass is 10.00. The minimum Gasteiger partial charge on any atom is -0.324 e. The summed E-state index contributed by atoms with van der Waals surface area (Å²) >= 11 is 0. The van der Waals surface area contributed by atoms with Crippen LogP contribution < -0.4 is 5.32 Å². The standard InChI is InChI=1S/C20H24N6O/c1-14(16-3-4-19-20(11-16)22-8-7-21-19)25-9-5-18(6-10-25)26-13-17(12-23-26)24-15(2)27/h3-4,7-8,11-14,18H,5-6,9-10H2,1-2H3,(H,24,27). The second-order valence-electron chi connectivity index (χ2n) is 7.14. The zero-order chi connectivity index (χ0) is 18.8. The van der Waals surface area contributed by atoms with Gasteiger partial charge in [0.15, 0.2) is 0 Å². The summed E-state index contributed by atoms with van der Waals surface area (Å²) in [6, 6.07) is 7.06. The molecule has 1 unspecified atom stereocenters. The molecule has 3 aromatic rings. The fourth-order valence-electron chi connectivity index (χ4n) is 3.79. The Labute approximate surface area is 158 Å². The molecule has 0 saturated carbocycles. The highest BCUT2D eigenvalue weighted by molar-refractivity contribution is 5.88. The molecule has 0 spiro atoms. The molecule has 27 heavy (non-hydrogen) atoms. The van der Waals surface area contributed by atoms with Crippen LogP contribution in [0, 0.1) is 0 Å². The monoisotopic (exact) mass is 364 g/mol. The minimum atomic E-state index is -0.0710. The number of nitrogens with one attached hydrogen (secondary N) is 1. The molecule has 7 nitrogen and oxygen atoms in total. The van der Waals surface area contributed by atoms with Crippen LogP contribution in [0.2, 0.25) is 0 Å². The first-order valence-electron chi connectivity index (χ1n) is 9.36. The Hall–Kier alpha value is -2.80. The lowest BCUT2D eigenvalue weighted by molar-refractivity contribution is -0.114. The molecule has 7 heteroatoms. The molecule has 2 aromatic heterocycles. The summed E-state index contributed by atoms with van der Waals surface area (Å²) < 4.78 is 1.99. The van der Waals surface area contributed by atoms with Crippen LogP contribution in [0.4, 0.5) is 5.69 Å². The molecule has 0 bridgehead atoms. The van der Waals surface area contributed by atoms with Crippen molar-refractivity contribution in [1.82, 2.24) is 24.6 Å². The second-order valence-corrected chi connectivity index (χ2v) is 7.14. The van der Waals surface area contributed by atoms with Crippen LogP contribution in [0.15, 0.2) is 43.0 Å². The molecule has 3 heterocycles. The van der Waals surface area contributed by atoms with Gasteiger partial charge < -0.3 is 5.32 Å². The van der Waals surface area contributed by atoms with Crippen LogP contribution in [0.1, 0.15) is 44.3 Å². The number of hydrogen-bond donors (Lipinski definition) is 1. The molecule has 0 aliphatic carbocycles. The molecule has 1 N–H and O–H groups in total. The van der Waals surface area contributed by atoms with E-state index in [1.165, 1.54) is 12.5 Å². The Bertz CT molecular complexity index is 944. The van der Waals surface area contributed by atoms with Crippen molar-refractivity contribution in [3.8, 4) is 0 Å². The zero-order valence-corrected chi connectivity index (χ0v) is 15.7. The van der Waals surface area contributed by atoms with Gasteiger partial charge in [-0.3, -0.25) is 24.3 Å². The number of carbonyl (C=O) groups excluding carboxylic acids is 1. The molecule has 1 fully saturated rings. The van der Waals surface area contributed by atoms with Crippen LogP contribution in [-0.4, -0.2) is 43.6 Å². The molecule has 1 aliphatic rings. The average Bonchev–Trinajstić information content (AvgIpc) is 3.15. The fourth-order valence-corrected chi connectivity index (χ4v) is 3.79. The number of hydrogen-bond acceptors (Lipinski definition) is 5. The van der Waals surface area contributed by atoms with Crippen molar-refractivity contribution in [2.45, 2.75) is 38.8 Å². The lowest BCUT2D eigenvalue weighted by Gasteiger charge is -2.36. The van der Waals surface area contributed by atoms with Crippen molar-refractivity contribution in [2.75, 3.05) is 18.4 Å². The number of anilines is 1. The Morgan fingerprint density at radius 3 is 2.67 bits per heavy atom. The summed E-state index contributed by atoms with van der Waals surface area (Å²) in [6.07, 6.45) is 9.18. The number of fused-ring (bicyclic) bond motifs is 1. The minimum absolute atomic E-state index is 0.0710. The second kappa shape index (κ2) is 7.44. The van der Waals surface area contributed by atoms with Gasteiger partial charge in [-0.1, -0.05) is 6.07 Å². The van der Waals surface area contributed by atoms with E-state index < -0.39 is 0 Å². The van der Waals surface area contributed by atoms with Crippen LogP contribution >= 0.6 is 0 Å². The van der Waals surface area contributed by atoms with E-state index in [1.807, 2.05) is 16.9 Å². The van der Waals surface area contributed by atoms with Crippen molar-refractivity contribution in [1.29, 1.82) is 0 Å². The Morgan fingerprint density at radius 1 is 1.19 bits per heavy atom. The maximum absolute atomic E-state index is 11.2. The van der Waals surface area contributed by atoms with Crippen LogP contribution in [0.25, 0.3) is 11.0 Å². The van der Waals surface area contributed by atoms with E-state index in [2.05, 4.69) is 44.3 Å². The molecule has 1 amide bonds. The number of piperidine rings is 1. The van der Waals surface area contributed by atoms with Gasteiger partial charge in [0.1, 0.15) is 0 Å². The number of nitrogens with zero attached hydrogens (tertiary/aromatic N) is 5. The molecule has 1 aliphatic heterocycles. The van der Waals surface area contributed by atoms with Crippen LogP contribution in [0.5, 0.6) is 0 Å². The first kappa shape index (κ1) is 17.6. The van der Waals surface area contributed by atoms with Gasteiger partial charge >= 0.3 is 0 Å². The molecular weight excluding hydrogens is 340 g/mol. The Kier molecular flexibility index (Phi) is 4.85. The van der Waals surface area contributed by atoms with E-state index in [9.17, 15) is 4.79 Å². The van der Waals surface area contributed by atoms with Crippen molar-refractivity contribution < 1.29 is 4.79 Å². The fraction of sp³-hybridized carbons (Fsp3) is 0.400. The summed E-state index contributed by atoms with van der Waals surface area (Å²) in [7, 11) is 0. The van der Waals surface area contributed by atoms with Gasteiger partial charge in [-0.2, -0.15) is 5.10 Å². The number of amides is 1. The van der Waals surface area contributed by atoms with E-state index in [4.69, 9.17) is 0 Å². The summed E-state index contributed by atoms with van der Waals surface area (Å²) in [6.45, 7) is 5.79. The number of likely N-dealkylation sites (tertiary alicyclic amines) is 1. The normalized spacial score (nSPS) is 17.1. The maximum Gasteiger partial charge on any atom is 0.221 e. The maximum atomic E-state index is 11.2. The predicted molar refractivity (Wildman–Crippen MR) is 104 cm³/mol. The first-order valence-corrected chi connectivity index (χ1v) is 9.36. The molecule has 4 rings (SSSR count). The Morgan fingerprint density at radius 2 is 1.93 bits per heavy atom. The van der Waals surface area contributed by atoms with Gasteiger partial charge in [0.25, 0.3) is 0 Å². The van der Waals surface area contributed by atoms with E-state index in [0.29, 0.717) is 12.1 Å². The summed E-state index contributed by atoms with van der Waals surface area (Å²) in [5, 5.41) is 7.21. The molecule has 140 valence electrons. The number of aromatic nitrogens is 4. The van der Waals surface area contributed by atoms with Gasteiger partial charge in [-0.25, -0.2) is 0 Å². The molecular formula is C20H24N6O. The highest BCUT2D eigenvalue weighted by Crippen LogP contribution is 2.30. The van der Waals surface area contributed by atoms with E-state index in [1.54, 1.807) is 18.6 Å². The highest BCUT2D eigenvalue weighted by atomic mass is 16.1. The van der Waals surface area contributed by atoms with Crippen molar-refractivity contribution in [2.24, 2.45) is 0 Å². The quantitative estimate of drug-likeness (QED) is 0.769. The SMILES string of the molecule is CC(=O)Nc1cnn(C2CCN(C(C)c3ccc4nccnc4c3)CC2)c1. The van der Waals surface area contributed by atoms with Gasteiger partial charge in [-0.15, -0.1) is 0 Å². The number of benzene rings is 1. The zero-order valence-electron chi connectivity index (χ0n) is 15.7. The lowest BCUT2D eigenvalue weighted by Crippen LogP contribution is -2.36. The van der Waals surface area contributed by atoms with Crippen LogP contribution in [0.3, 0.4) is 0 Å². The highest BCUT2D eigenvalue weighted by Gasteiger charge is 2.25. The molecule has 1 atom stereocenters. The van der Waals surface area contributed by atoms with Crippen molar-refractivity contribution in [3.05, 3.63) is 48.5 Å². The van der Waals surface area contributed by atoms with Gasteiger partial charge in [-0.05, 0) is 37.5 Å². The van der Waals surface area contributed by atoms with Gasteiger partial charge in [0, 0.05) is 44.6 Å². The van der Waals surface area contributed by atoms with E-state index in [0.717, 1.165) is 42.7 Å². The smallest absolute Gasteiger partial charge is 0.221 e. The van der Waals surface area contributed by atoms with Crippen molar-refractivity contribution >= 4 is 22.6 Å². The predicted octanol–water partition coefficient (Wildman–Crippen LogP) is 3.18. The summed E-state index contributed by atoms with van der Waals surface area (Å²) in [5.41, 5.74) is 3.91. The Balaban J connectivity index is 1.40. The topological polar surface area (TPSA) is 75.9 Å². The average molecular weight is 364 g/mol. The molecule has 0 radical (unpaired) electrons. The third-order valence-corrected chi connectivity index (χ3v) is 5.32. The number of carbonyl (C=O) groups is 1. The van der Waals surface area contributed by atoms with Crippen molar-refractivity contribution in [3.63, 3.8) is 0 Å². The largest absolute Gasteiger partial charge is 0.324 e. The van der Waals surface area contributed by atoms with E-state index in [-0.39, 0.29) is 5.91 Å². The molecule has 1 saturated heterocycles. The van der Waals surface area contributed by atoms with E-state index >= 15 is 0 Å².